The standard InChI is InChI=1S/C24H19N3O4/c1-16-25-26-24(28-16)18-6-5-9-21(14-18)30-23-15-22(31-27-23)17-10-12-20(13-11-17)29-19-7-3-2-4-8-19/h2-15,22,27H,1H3/t22-/m1/s1. The van der Waals surface area contributed by atoms with Gasteiger partial charge in [-0.15, -0.1) is 10.2 Å². The van der Waals surface area contributed by atoms with E-state index in [1.807, 2.05) is 84.9 Å². The van der Waals surface area contributed by atoms with Crippen molar-refractivity contribution < 1.29 is 18.7 Å². The topological polar surface area (TPSA) is 78.6 Å². The number of nitrogens with one attached hydrogen (secondary N) is 1. The van der Waals surface area contributed by atoms with E-state index in [9.17, 15) is 0 Å². The summed E-state index contributed by atoms with van der Waals surface area (Å²) < 4.78 is 17.2. The first kappa shape index (κ1) is 18.9. The van der Waals surface area contributed by atoms with Gasteiger partial charge in [0.05, 0.1) is 0 Å². The number of rotatable bonds is 6. The summed E-state index contributed by atoms with van der Waals surface area (Å²) in [5.74, 6) is 3.65. The Morgan fingerprint density at radius 2 is 1.58 bits per heavy atom. The van der Waals surface area contributed by atoms with Gasteiger partial charge in [-0.25, -0.2) is 5.48 Å². The van der Waals surface area contributed by atoms with Crippen LogP contribution in [0.1, 0.15) is 17.6 Å². The monoisotopic (exact) mass is 413 g/mol. The lowest BCUT2D eigenvalue weighted by molar-refractivity contribution is 0.0273. The van der Waals surface area contributed by atoms with Gasteiger partial charge in [0.25, 0.3) is 0 Å². The fraction of sp³-hybridized carbons (Fsp3) is 0.0833. The van der Waals surface area contributed by atoms with Crippen LogP contribution in [0.3, 0.4) is 0 Å². The van der Waals surface area contributed by atoms with Gasteiger partial charge in [-0.05, 0) is 48.0 Å². The molecule has 154 valence electrons. The summed E-state index contributed by atoms with van der Waals surface area (Å²) in [6.07, 6.45) is 1.60. The van der Waals surface area contributed by atoms with Gasteiger partial charge < -0.3 is 13.9 Å². The summed E-state index contributed by atoms with van der Waals surface area (Å²) in [6, 6.07) is 24.8. The van der Waals surface area contributed by atoms with E-state index >= 15 is 0 Å². The minimum absolute atomic E-state index is 0.275. The molecule has 0 bridgehead atoms. The quantitative estimate of drug-likeness (QED) is 0.457. The van der Waals surface area contributed by atoms with Crippen molar-refractivity contribution in [2.24, 2.45) is 0 Å². The number of nitrogens with zero attached hydrogens (tertiary/aromatic N) is 2. The third kappa shape index (κ3) is 4.41. The van der Waals surface area contributed by atoms with E-state index in [0.717, 1.165) is 22.6 Å². The maximum absolute atomic E-state index is 5.91. The van der Waals surface area contributed by atoms with Gasteiger partial charge in [-0.2, -0.15) is 0 Å². The lowest BCUT2D eigenvalue weighted by atomic mass is 10.1. The Balaban J connectivity index is 1.26. The van der Waals surface area contributed by atoms with Crippen LogP contribution in [0.2, 0.25) is 0 Å². The lowest BCUT2D eigenvalue weighted by Crippen LogP contribution is -2.12. The Kier molecular flexibility index (Phi) is 5.08. The predicted molar refractivity (Wildman–Crippen MR) is 113 cm³/mol. The maximum Gasteiger partial charge on any atom is 0.247 e. The fourth-order valence-electron chi connectivity index (χ4n) is 3.13. The zero-order valence-electron chi connectivity index (χ0n) is 16.7. The molecule has 0 saturated carbocycles. The predicted octanol–water partition coefficient (Wildman–Crippen LogP) is 5.33. The molecular weight excluding hydrogens is 394 g/mol. The molecule has 0 unspecified atom stereocenters. The molecule has 0 fully saturated rings. The summed E-state index contributed by atoms with van der Waals surface area (Å²) in [7, 11) is 0. The normalized spacial score (nSPS) is 15.3. The minimum atomic E-state index is -0.275. The number of aromatic nitrogens is 2. The molecule has 0 radical (unpaired) electrons. The second-order valence-electron chi connectivity index (χ2n) is 6.91. The highest BCUT2D eigenvalue weighted by molar-refractivity contribution is 5.55. The van der Waals surface area contributed by atoms with Crippen molar-refractivity contribution in [2.75, 3.05) is 0 Å². The molecule has 7 nitrogen and oxygen atoms in total. The second-order valence-corrected chi connectivity index (χ2v) is 6.91. The largest absolute Gasteiger partial charge is 0.457 e. The molecule has 0 saturated heterocycles. The van der Waals surface area contributed by atoms with Crippen LogP contribution >= 0.6 is 0 Å². The van der Waals surface area contributed by atoms with Gasteiger partial charge >= 0.3 is 0 Å². The van der Waals surface area contributed by atoms with E-state index < -0.39 is 0 Å². The fourth-order valence-corrected chi connectivity index (χ4v) is 3.13. The highest BCUT2D eigenvalue weighted by atomic mass is 16.7. The molecule has 7 heteroatoms. The molecule has 0 amide bonds. The first-order valence-corrected chi connectivity index (χ1v) is 9.78. The Morgan fingerprint density at radius 1 is 0.806 bits per heavy atom. The zero-order valence-corrected chi connectivity index (χ0v) is 16.7. The SMILES string of the molecule is Cc1nnc(-c2cccc(OC3=C[C@H](c4ccc(Oc5ccccc5)cc4)ON3)c2)o1. The van der Waals surface area contributed by atoms with Crippen molar-refractivity contribution in [2.45, 2.75) is 13.0 Å². The molecule has 4 aromatic rings. The number of hydrogen-bond acceptors (Lipinski definition) is 7. The molecular formula is C24H19N3O4. The molecule has 0 spiro atoms. The number of hydrogen-bond donors (Lipinski definition) is 1. The van der Waals surface area contributed by atoms with Gasteiger partial charge in [0.2, 0.25) is 17.7 Å². The third-order valence-corrected chi connectivity index (χ3v) is 4.61. The van der Waals surface area contributed by atoms with E-state index in [1.54, 1.807) is 6.92 Å². The third-order valence-electron chi connectivity index (χ3n) is 4.61. The number of hydroxylamine groups is 1. The first-order valence-electron chi connectivity index (χ1n) is 9.78. The molecule has 5 rings (SSSR count). The summed E-state index contributed by atoms with van der Waals surface area (Å²) >= 11 is 0. The Morgan fingerprint density at radius 3 is 2.35 bits per heavy atom. The van der Waals surface area contributed by atoms with Crippen LogP contribution in [-0.4, -0.2) is 10.2 Å². The first-order chi connectivity index (χ1) is 15.2. The van der Waals surface area contributed by atoms with Gasteiger partial charge in [-0.1, -0.05) is 36.4 Å². The molecule has 1 aliphatic rings. The molecule has 31 heavy (non-hydrogen) atoms. The number of para-hydroxylation sites is 1. The second kappa shape index (κ2) is 8.33. The Bertz CT molecular complexity index is 1200. The van der Waals surface area contributed by atoms with Crippen LogP contribution in [0.25, 0.3) is 11.5 Å². The summed E-state index contributed by atoms with van der Waals surface area (Å²) in [6.45, 7) is 1.75. The molecule has 0 aliphatic carbocycles. The van der Waals surface area contributed by atoms with E-state index in [4.69, 9.17) is 18.7 Å². The van der Waals surface area contributed by atoms with E-state index in [0.29, 0.717) is 23.4 Å². The van der Waals surface area contributed by atoms with Gasteiger partial charge in [0.15, 0.2) is 0 Å². The van der Waals surface area contributed by atoms with Crippen LogP contribution in [0.5, 0.6) is 17.2 Å². The molecule has 1 aliphatic heterocycles. The van der Waals surface area contributed by atoms with Crippen LogP contribution in [0, 0.1) is 6.92 Å². The molecule has 1 aromatic heterocycles. The van der Waals surface area contributed by atoms with Crippen molar-refractivity contribution in [1.29, 1.82) is 0 Å². The number of aryl methyl sites for hydroxylation is 1. The highest BCUT2D eigenvalue weighted by Gasteiger charge is 2.20. The van der Waals surface area contributed by atoms with Gasteiger partial charge in [0.1, 0.15) is 23.4 Å². The van der Waals surface area contributed by atoms with Gasteiger partial charge in [0, 0.05) is 18.6 Å². The van der Waals surface area contributed by atoms with E-state index in [-0.39, 0.29) is 6.10 Å². The average molecular weight is 413 g/mol. The zero-order chi connectivity index (χ0) is 21.0. The Hall–Kier alpha value is -4.10. The molecule has 3 aromatic carbocycles. The van der Waals surface area contributed by atoms with Crippen LogP contribution in [-0.2, 0) is 4.84 Å². The average Bonchev–Trinajstić information content (AvgIpc) is 3.44. The summed E-state index contributed by atoms with van der Waals surface area (Å²) in [5.41, 5.74) is 4.58. The van der Waals surface area contributed by atoms with Crippen molar-refractivity contribution >= 4 is 0 Å². The number of benzene rings is 3. The lowest BCUT2D eigenvalue weighted by Gasteiger charge is -2.09. The smallest absolute Gasteiger partial charge is 0.247 e. The Labute approximate surface area is 178 Å². The van der Waals surface area contributed by atoms with Crippen molar-refractivity contribution in [3.63, 3.8) is 0 Å². The molecule has 2 heterocycles. The van der Waals surface area contributed by atoms with Crippen molar-refractivity contribution in [3.05, 3.63) is 102 Å². The molecule has 1 atom stereocenters. The van der Waals surface area contributed by atoms with Crippen LogP contribution < -0.4 is 15.0 Å². The minimum Gasteiger partial charge on any atom is -0.457 e. The summed E-state index contributed by atoms with van der Waals surface area (Å²) in [4.78, 5) is 5.65. The molecule has 1 N–H and O–H groups in total. The van der Waals surface area contributed by atoms with Crippen molar-refractivity contribution in [3.8, 4) is 28.7 Å². The highest BCUT2D eigenvalue weighted by Crippen LogP contribution is 2.29. The van der Waals surface area contributed by atoms with E-state index in [1.165, 1.54) is 0 Å². The summed E-state index contributed by atoms with van der Waals surface area (Å²) in [5, 5.41) is 7.90. The van der Waals surface area contributed by atoms with Gasteiger partial charge in [-0.3, -0.25) is 4.84 Å². The number of ether oxygens (including phenoxy) is 2. The van der Waals surface area contributed by atoms with Crippen LogP contribution in [0.15, 0.2) is 95.2 Å². The maximum atomic E-state index is 5.91. The van der Waals surface area contributed by atoms with Crippen molar-refractivity contribution in [1.82, 2.24) is 15.7 Å². The van der Waals surface area contributed by atoms with E-state index in [2.05, 4.69) is 15.7 Å². The van der Waals surface area contributed by atoms with Crippen LogP contribution in [0.4, 0.5) is 0 Å².